The number of likely N-dealkylation sites (tertiary alicyclic amines) is 1. The Hall–Kier alpha value is -0.570. The quantitative estimate of drug-likeness (QED) is 0.674. The molecule has 12 heavy (non-hydrogen) atoms. The van der Waals surface area contributed by atoms with E-state index in [1.807, 2.05) is 7.05 Å². The summed E-state index contributed by atoms with van der Waals surface area (Å²) in [6.07, 6.45) is 3.37. The second-order valence-corrected chi connectivity index (χ2v) is 3.75. The van der Waals surface area contributed by atoms with Gasteiger partial charge < -0.3 is 5.73 Å². The molecule has 0 aromatic rings. The first kappa shape index (κ1) is 9.52. The molecular formula is C9H18N2O. The van der Waals surface area contributed by atoms with Crippen LogP contribution in [0.3, 0.4) is 0 Å². The van der Waals surface area contributed by atoms with Crippen molar-refractivity contribution < 1.29 is 4.79 Å². The number of nitrogens with two attached hydrogens (primary N) is 1. The fraction of sp³-hybridized carbons (Fsp3) is 0.889. The number of carbonyl (C=O) groups excluding carboxylic acids is 1. The zero-order chi connectivity index (χ0) is 9.14. The van der Waals surface area contributed by atoms with Crippen molar-refractivity contribution in [3.63, 3.8) is 0 Å². The van der Waals surface area contributed by atoms with Gasteiger partial charge in [0.15, 0.2) is 0 Å². The molecule has 1 aliphatic heterocycles. The Balaban J connectivity index is 2.44. The van der Waals surface area contributed by atoms with Crippen molar-refractivity contribution in [2.45, 2.75) is 32.2 Å². The number of amides is 1. The van der Waals surface area contributed by atoms with Crippen LogP contribution < -0.4 is 5.73 Å². The third-order valence-electron chi connectivity index (χ3n) is 2.66. The van der Waals surface area contributed by atoms with Crippen molar-refractivity contribution >= 4 is 5.91 Å². The summed E-state index contributed by atoms with van der Waals surface area (Å²) in [6.45, 7) is 3.21. The summed E-state index contributed by atoms with van der Waals surface area (Å²) in [5.74, 6) is 0.508. The number of likely N-dealkylation sites (N-methyl/N-ethyl adjacent to an activating group) is 1. The molecule has 2 atom stereocenters. The highest BCUT2D eigenvalue weighted by molar-refractivity contribution is 5.80. The lowest BCUT2D eigenvalue weighted by atomic mass is 10.0. The van der Waals surface area contributed by atoms with Crippen LogP contribution >= 0.6 is 0 Å². The molecule has 0 aromatic heterocycles. The highest BCUT2D eigenvalue weighted by Gasteiger charge is 2.32. The van der Waals surface area contributed by atoms with Crippen LogP contribution in [-0.2, 0) is 4.79 Å². The zero-order valence-corrected chi connectivity index (χ0v) is 7.92. The Morgan fingerprint density at radius 3 is 2.75 bits per heavy atom. The van der Waals surface area contributed by atoms with E-state index in [1.165, 1.54) is 12.8 Å². The summed E-state index contributed by atoms with van der Waals surface area (Å²) in [5, 5.41) is 0. The van der Waals surface area contributed by atoms with Gasteiger partial charge >= 0.3 is 0 Å². The molecule has 0 saturated carbocycles. The Kier molecular flexibility index (Phi) is 3.09. The van der Waals surface area contributed by atoms with Crippen LogP contribution in [0.5, 0.6) is 0 Å². The average Bonchev–Trinajstić information content (AvgIpc) is 2.32. The standard InChI is InChI=1S/C9H18N2O/c1-3-4-7-5-8(9(10)12)11(2)6-7/h7-8H,3-6H2,1-2H3,(H2,10,12)/t7-,8-/m1/s1. The normalized spacial score (nSPS) is 30.8. The number of hydrogen-bond acceptors (Lipinski definition) is 2. The molecule has 0 unspecified atom stereocenters. The van der Waals surface area contributed by atoms with E-state index >= 15 is 0 Å². The molecule has 3 heteroatoms. The summed E-state index contributed by atoms with van der Waals surface area (Å²) >= 11 is 0. The Bertz CT molecular complexity index is 170. The lowest BCUT2D eigenvalue weighted by Gasteiger charge is -2.14. The lowest BCUT2D eigenvalue weighted by Crippen LogP contribution is -2.37. The predicted molar refractivity (Wildman–Crippen MR) is 48.6 cm³/mol. The SMILES string of the molecule is CCC[C@@H]1C[C@H](C(N)=O)N(C)C1. The second-order valence-electron chi connectivity index (χ2n) is 3.75. The van der Waals surface area contributed by atoms with Crippen LogP contribution in [0, 0.1) is 5.92 Å². The molecule has 70 valence electrons. The van der Waals surface area contributed by atoms with Gasteiger partial charge in [0.05, 0.1) is 6.04 Å². The third kappa shape index (κ3) is 1.97. The molecule has 1 saturated heterocycles. The maximum absolute atomic E-state index is 10.9. The topological polar surface area (TPSA) is 46.3 Å². The molecule has 0 bridgehead atoms. The summed E-state index contributed by atoms with van der Waals surface area (Å²) in [5.41, 5.74) is 5.27. The summed E-state index contributed by atoms with van der Waals surface area (Å²) in [6, 6.07) is -0.0125. The number of carbonyl (C=O) groups is 1. The van der Waals surface area contributed by atoms with Gasteiger partial charge in [0, 0.05) is 6.54 Å². The number of nitrogens with zero attached hydrogens (tertiary/aromatic N) is 1. The molecule has 0 radical (unpaired) electrons. The van der Waals surface area contributed by atoms with Crippen LogP contribution in [0.1, 0.15) is 26.2 Å². The maximum atomic E-state index is 10.9. The second kappa shape index (κ2) is 3.90. The van der Waals surface area contributed by atoms with Gasteiger partial charge in [0.2, 0.25) is 5.91 Å². The minimum atomic E-state index is -0.170. The fourth-order valence-corrected chi connectivity index (χ4v) is 2.06. The number of rotatable bonds is 3. The fourth-order valence-electron chi connectivity index (χ4n) is 2.06. The van der Waals surface area contributed by atoms with E-state index in [-0.39, 0.29) is 11.9 Å². The van der Waals surface area contributed by atoms with E-state index in [0.29, 0.717) is 5.92 Å². The maximum Gasteiger partial charge on any atom is 0.234 e. The Morgan fingerprint density at radius 2 is 2.33 bits per heavy atom. The molecule has 1 heterocycles. The van der Waals surface area contributed by atoms with Crippen LogP contribution in [0.4, 0.5) is 0 Å². The van der Waals surface area contributed by atoms with Crippen LogP contribution in [-0.4, -0.2) is 30.4 Å². The molecule has 0 aromatic carbocycles. The zero-order valence-electron chi connectivity index (χ0n) is 7.92. The van der Waals surface area contributed by atoms with Crippen molar-refractivity contribution in [2.75, 3.05) is 13.6 Å². The van der Waals surface area contributed by atoms with Crippen molar-refractivity contribution in [1.82, 2.24) is 4.90 Å². The van der Waals surface area contributed by atoms with Crippen molar-refractivity contribution in [3.8, 4) is 0 Å². The van der Waals surface area contributed by atoms with Gasteiger partial charge in [-0.05, 0) is 25.8 Å². The van der Waals surface area contributed by atoms with Crippen molar-refractivity contribution in [2.24, 2.45) is 11.7 Å². The molecule has 1 aliphatic rings. The number of hydrogen-bond donors (Lipinski definition) is 1. The van der Waals surface area contributed by atoms with Crippen LogP contribution in [0.2, 0.25) is 0 Å². The lowest BCUT2D eigenvalue weighted by molar-refractivity contribution is -0.121. The van der Waals surface area contributed by atoms with Gasteiger partial charge in [-0.1, -0.05) is 13.3 Å². The van der Waals surface area contributed by atoms with Gasteiger partial charge in [0.25, 0.3) is 0 Å². The minimum Gasteiger partial charge on any atom is -0.368 e. The molecular weight excluding hydrogens is 152 g/mol. The predicted octanol–water partition coefficient (Wildman–Crippen LogP) is 0.592. The largest absolute Gasteiger partial charge is 0.368 e. The molecule has 1 fully saturated rings. The van der Waals surface area contributed by atoms with Crippen molar-refractivity contribution in [3.05, 3.63) is 0 Å². The minimum absolute atomic E-state index is 0.0125. The monoisotopic (exact) mass is 170 g/mol. The third-order valence-corrected chi connectivity index (χ3v) is 2.66. The Labute approximate surface area is 73.9 Å². The van der Waals surface area contributed by atoms with Crippen LogP contribution in [0.15, 0.2) is 0 Å². The molecule has 3 nitrogen and oxygen atoms in total. The van der Waals surface area contributed by atoms with E-state index < -0.39 is 0 Å². The number of primary amides is 1. The molecule has 2 N–H and O–H groups in total. The van der Waals surface area contributed by atoms with E-state index in [0.717, 1.165) is 13.0 Å². The van der Waals surface area contributed by atoms with E-state index in [1.54, 1.807) is 0 Å². The van der Waals surface area contributed by atoms with Gasteiger partial charge in [-0.15, -0.1) is 0 Å². The summed E-state index contributed by atoms with van der Waals surface area (Å²) < 4.78 is 0. The van der Waals surface area contributed by atoms with Gasteiger partial charge in [-0.2, -0.15) is 0 Å². The first-order valence-corrected chi connectivity index (χ1v) is 4.64. The van der Waals surface area contributed by atoms with E-state index in [2.05, 4.69) is 11.8 Å². The highest BCUT2D eigenvalue weighted by Crippen LogP contribution is 2.24. The molecule has 1 amide bonds. The van der Waals surface area contributed by atoms with Gasteiger partial charge in [-0.25, -0.2) is 0 Å². The first-order valence-electron chi connectivity index (χ1n) is 4.64. The summed E-state index contributed by atoms with van der Waals surface area (Å²) in [4.78, 5) is 13.0. The van der Waals surface area contributed by atoms with E-state index in [4.69, 9.17) is 5.73 Å². The highest BCUT2D eigenvalue weighted by atomic mass is 16.1. The molecule has 1 rings (SSSR count). The van der Waals surface area contributed by atoms with Gasteiger partial charge in [0.1, 0.15) is 0 Å². The van der Waals surface area contributed by atoms with E-state index in [9.17, 15) is 4.79 Å². The molecule has 0 spiro atoms. The molecule has 0 aliphatic carbocycles. The van der Waals surface area contributed by atoms with Gasteiger partial charge in [-0.3, -0.25) is 9.69 Å². The Morgan fingerprint density at radius 1 is 1.67 bits per heavy atom. The van der Waals surface area contributed by atoms with Crippen LogP contribution in [0.25, 0.3) is 0 Å². The van der Waals surface area contributed by atoms with Crippen molar-refractivity contribution in [1.29, 1.82) is 0 Å². The smallest absolute Gasteiger partial charge is 0.234 e. The average molecular weight is 170 g/mol. The summed E-state index contributed by atoms with van der Waals surface area (Å²) in [7, 11) is 1.98. The first-order chi connectivity index (χ1) is 5.65.